The van der Waals surface area contributed by atoms with Crippen molar-refractivity contribution in [1.82, 2.24) is 0 Å². The van der Waals surface area contributed by atoms with Crippen LogP contribution in [0.2, 0.25) is 0 Å². The zero-order valence-corrected chi connectivity index (χ0v) is 39.0. The molecule has 0 saturated heterocycles. The van der Waals surface area contributed by atoms with Crippen molar-refractivity contribution in [2.24, 2.45) is 0 Å². The number of allylic oxidation sites excluding steroid dienone is 8. The number of hydrogen-bond acceptors (Lipinski definition) is 12. The zero-order chi connectivity index (χ0) is 45.7. The van der Waals surface area contributed by atoms with Gasteiger partial charge in [0, 0.05) is 12.8 Å². The molecule has 0 aromatic rings. The van der Waals surface area contributed by atoms with Gasteiger partial charge in [-0.15, -0.1) is 0 Å². The lowest BCUT2D eigenvalue weighted by Crippen LogP contribution is -2.64. The fourth-order valence-electron chi connectivity index (χ4n) is 7.18. The van der Waals surface area contributed by atoms with E-state index >= 15 is 0 Å². The van der Waals surface area contributed by atoms with E-state index in [0.29, 0.717) is 12.8 Å². The van der Waals surface area contributed by atoms with Crippen LogP contribution < -0.4 is 0 Å². The molecule has 0 aliphatic heterocycles. The maximum absolute atomic E-state index is 12.8. The highest BCUT2D eigenvalue weighted by atomic mass is 31.2. The quantitative estimate of drug-likeness (QED) is 0.0147. The largest absolute Gasteiger partial charge is 0.472 e. The standard InChI is InChI=1S/C48H85O13P/c1-3-5-7-9-11-13-15-17-19-20-21-23-24-26-28-30-32-34-36-41(49)58-38-40(39-59-62(56,57)61-48-46(54)44(52)43(51)45(53)47(48)55)60-42(50)37-35-33-31-29-27-25-22-18-16-14-12-10-8-6-4-2/h6,8,10,12,14,16,18,22,40,43-48,51-55H,3-5,7,9,11,13,15,17,19-21,23-39H2,1-2H3,(H,56,57)/b8-6+,12-10+,16-14+,22-18+/t40-,43?,44-,45?,46?,47?,48?/m0/s1. The van der Waals surface area contributed by atoms with Gasteiger partial charge in [-0.3, -0.25) is 18.6 Å². The van der Waals surface area contributed by atoms with E-state index in [1.54, 1.807) is 0 Å². The van der Waals surface area contributed by atoms with Gasteiger partial charge in [-0.05, 0) is 32.1 Å². The minimum absolute atomic E-state index is 0.0707. The number of carbonyl (C=O) groups is 2. The molecule has 1 rings (SSSR count). The number of ether oxygens (including phenoxy) is 2. The number of hydrogen-bond donors (Lipinski definition) is 6. The van der Waals surface area contributed by atoms with Gasteiger partial charge in [-0.25, -0.2) is 4.57 Å². The first kappa shape index (κ1) is 57.8. The molecule has 62 heavy (non-hydrogen) atoms. The third kappa shape index (κ3) is 30.0. The van der Waals surface area contributed by atoms with Crippen molar-refractivity contribution in [3.05, 3.63) is 48.6 Å². The van der Waals surface area contributed by atoms with Crippen molar-refractivity contribution in [3.8, 4) is 0 Å². The van der Waals surface area contributed by atoms with E-state index in [-0.39, 0.29) is 12.8 Å². The Morgan fingerprint density at radius 3 is 1.40 bits per heavy atom. The van der Waals surface area contributed by atoms with Gasteiger partial charge < -0.3 is 39.9 Å². The Morgan fingerprint density at radius 2 is 0.919 bits per heavy atom. The third-order valence-corrected chi connectivity index (χ3v) is 12.0. The first-order valence-corrected chi connectivity index (χ1v) is 25.5. The van der Waals surface area contributed by atoms with Crippen LogP contribution >= 0.6 is 7.82 Å². The van der Waals surface area contributed by atoms with Crippen molar-refractivity contribution < 1.29 is 63.1 Å². The van der Waals surface area contributed by atoms with Gasteiger partial charge in [0.2, 0.25) is 0 Å². The van der Waals surface area contributed by atoms with E-state index in [9.17, 15) is 44.6 Å². The van der Waals surface area contributed by atoms with Gasteiger partial charge in [0.25, 0.3) is 0 Å². The predicted octanol–water partition coefficient (Wildman–Crippen LogP) is 9.56. The second-order valence-electron chi connectivity index (χ2n) is 16.7. The molecule has 360 valence electrons. The summed E-state index contributed by atoms with van der Waals surface area (Å²) >= 11 is 0. The van der Waals surface area contributed by atoms with Crippen LogP contribution in [0.3, 0.4) is 0 Å². The van der Waals surface area contributed by atoms with Crippen LogP contribution in [0.15, 0.2) is 48.6 Å². The Hall–Kier alpha value is -2.19. The second kappa shape index (κ2) is 38.1. The van der Waals surface area contributed by atoms with Gasteiger partial charge in [0.15, 0.2) is 6.10 Å². The number of esters is 2. The monoisotopic (exact) mass is 901 g/mol. The van der Waals surface area contributed by atoms with Crippen LogP contribution in [0.25, 0.3) is 0 Å². The number of aliphatic hydroxyl groups excluding tert-OH is 5. The second-order valence-corrected chi connectivity index (χ2v) is 18.1. The number of aliphatic hydroxyl groups is 5. The summed E-state index contributed by atoms with van der Waals surface area (Å²) in [5, 5.41) is 50.2. The summed E-state index contributed by atoms with van der Waals surface area (Å²) in [6.45, 7) is 3.15. The molecule has 0 amide bonds. The highest BCUT2D eigenvalue weighted by molar-refractivity contribution is 7.47. The van der Waals surface area contributed by atoms with Gasteiger partial charge in [-0.1, -0.05) is 191 Å². The maximum atomic E-state index is 12.8. The van der Waals surface area contributed by atoms with Crippen molar-refractivity contribution in [3.63, 3.8) is 0 Å². The van der Waals surface area contributed by atoms with Crippen molar-refractivity contribution in [1.29, 1.82) is 0 Å². The van der Waals surface area contributed by atoms with Crippen LogP contribution in [-0.2, 0) is 32.7 Å². The molecule has 1 aliphatic rings. The Kier molecular flexibility index (Phi) is 35.5. The average Bonchev–Trinajstić information content (AvgIpc) is 3.25. The fraction of sp³-hybridized carbons (Fsp3) is 0.792. The van der Waals surface area contributed by atoms with Crippen molar-refractivity contribution >= 4 is 19.8 Å². The summed E-state index contributed by atoms with van der Waals surface area (Å²) in [5.74, 6) is -1.12. The summed E-state index contributed by atoms with van der Waals surface area (Å²) < 4.78 is 33.5. The summed E-state index contributed by atoms with van der Waals surface area (Å²) in [6.07, 6.45) is 31.6. The molecule has 6 N–H and O–H groups in total. The molecule has 0 bridgehead atoms. The van der Waals surface area contributed by atoms with Crippen LogP contribution in [0.1, 0.15) is 187 Å². The maximum Gasteiger partial charge on any atom is 0.472 e. The topological polar surface area (TPSA) is 210 Å². The molecule has 0 spiro atoms. The molecule has 1 fully saturated rings. The van der Waals surface area contributed by atoms with Gasteiger partial charge in [-0.2, -0.15) is 0 Å². The normalized spacial score (nSPS) is 22.3. The minimum atomic E-state index is -5.13. The summed E-state index contributed by atoms with van der Waals surface area (Å²) in [7, 11) is -5.13. The third-order valence-electron chi connectivity index (χ3n) is 11.0. The predicted molar refractivity (Wildman–Crippen MR) is 244 cm³/mol. The zero-order valence-electron chi connectivity index (χ0n) is 38.2. The number of phosphoric acid groups is 1. The van der Waals surface area contributed by atoms with Gasteiger partial charge in [0.05, 0.1) is 6.61 Å². The number of phosphoric ester groups is 1. The molecular weight excluding hydrogens is 815 g/mol. The van der Waals surface area contributed by atoms with E-state index in [4.69, 9.17) is 18.5 Å². The molecule has 1 saturated carbocycles. The van der Waals surface area contributed by atoms with E-state index in [0.717, 1.165) is 57.8 Å². The van der Waals surface area contributed by atoms with E-state index in [1.807, 2.05) is 36.5 Å². The SMILES string of the molecule is CC/C=C/C=C/C=C/C=C/CCCCCCCC(=O)O[C@@H](COC(=O)CCCCCCCCCCCCCCCCCCCC)COP(=O)(O)OC1C(O)C(O)C(O)[C@H](O)C1O. The molecule has 13 nitrogen and oxygen atoms in total. The lowest BCUT2D eigenvalue weighted by Gasteiger charge is -2.41. The van der Waals surface area contributed by atoms with E-state index in [2.05, 4.69) is 26.0 Å². The van der Waals surface area contributed by atoms with E-state index in [1.165, 1.54) is 89.9 Å². The molecular formula is C48H85O13P. The van der Waals surface area contributed by atoms with Crippen LogP contribution in [0.5, 0.6) is 0 Å². The van der Waals surface area contributed by atoms with Crippen molar-refractivity contribution in [2.75, 3.05) is 13.2 Å². The number of rotatable bonds is 39. The summed E-state index contributed by atoms with van der Waals surface area (Å²) in [6, 6.07) is 0. The first-order valence-electron chi connectivity index (χ1n) is 24.0. The molecule has 1 aliphatic carbocycles. The molecule has 0 heterocycles. The van der Waals surface area contributed by atoms with E-state index < -0.39 is 75.7 Å². The molecule has 6 unspecified atom stereocenters. The molecule has 14 heteroatoms. The van der Waals surface area contributed by atoms with Gasteiger partial charge >= 0.3 is 19.8 Å². The lowest BCUT2D eigenvalue weighted by molar-refractivity contribution is -0.220. The highest BCUT2D eigenvalue weighted by Crippen LogP contribution is 2.47. The summed E-state index contributed by atoms with van der Waals surface area (Å²) in [5.41, 5.74) is 0. The Labute approximate surface area is 373 Å². The smallest absolute Gasteiger partial charge is 0.462 e. The first-order chi connectivity index (χ1) is 29.9. The Morgan fingerprint density at radius 1 is 0.516 bits per heavy atom. The Bertz CT molecular complexity index is 1270. The molecule has 8 atom stereocenters. The van der Waals surface area contributed by atoms with Crippen LogP contribution in [0.4, 0.5) is 0 Å². The Balaban J connectivity index is 2.44. The van der Waals surface area contributed by atoms with Crippen LogP contribution in [0, 0.1) is 0 Å². The fourth-order valence-corrected chi connectivity index (χ4v) is 8.15. The molecule has 0 aromatic heterocycles. The molecule has 0 aromatic carbocycles. The number of unbranched alkanes of at least 4 members (excludes halogenated alkanes) is 22. The van der Waals surface area contributed by atoms with Crippen LogP contribution in [-0.4, -0.2) is 98.3 Å². The van der Waals surface area contributed by atoms with Crippen molar-refractivity contribution in [2.45, 2.75) is 230 Å². The summed E-state index contributed by atoms with van der Waals surface area (Å²) in [4.78, 5) is 35.7. The van der Waals surface area contributed by atoms with Gasteiger partial charge in [0.1, 0.15) is 43.2 Å². The lowest BCUT2D eigenvalue weighted by atomic mass is 9.85. The minimum Gasteiger partial charge on any atom is -0.462 e. The number of carbonyl (C=O) groups excluding carboxylic acids is 2. The highest BCUT2D eigenvalue weighted by Gasteiger charge is 2.51. The average molecular weight is 901 g/mol. The molecule has 0 radical (unpaired) electrons.